The van der Waals surface area contributed by atoms with E-state index in [-0.39, 0.29) is 12.3 Å². The minimum Gasteiger partial charge on any atom is -0.489 e. The molecular weight excluding hydrogens is 508 g/mol. The van der Waals surface area contributed by atoms with Gasteiger partial charge in [0, 0.05) is 6.42 Å². The Hall–Kier alpha value is -5.16. The number of hydrogen-bond donors (Lipinski definition) is 2. The zero-order chi connectivity index (χ0) is 28.5. The number of benzene rings is 5. The highest BCUT2D eigenvalue weighted by atomic mass is 16.5. The van der Waals surface area contributed by atoms with Crippen molar-refractivity contribution in [3.63, 3.8) is 0 Å². The number of nitrogens with one attached hydrogen (secondary N) is 1. The van der Waals surface area contributed by atoms with E-state index in [4.69, 9.17) is 10.5 Å². The van der Waals surface area contributed by atoms with Crippen LogP contribution in [0.5, 0.6) is 5.75 Å². The van der Waals surface area contributed by atoms with E-state index in [2.05, 4.69) is 5.32 Å². The molecule has 0 spiro atoms. The topological polar surface area (TPSA) is 81.4 Å². The predicted octanol–water partition coefficient (Wildman–Crippen LogP) is 5.81. The molecule has 0 saturated carbocycles. The van der Waals surface area contributed by atoms with Crippen molar-refractivity contribution < 1.29 is 14.3 Å². The van der Waals surface area contributed by atoms with Gasteiger partial charge in [0.1, 0.15) is 23.8 Å². The van der Waals surface area contributed by atoms with E-state index in [1.165, 1.54) is 0 Å². The standard InChI is InChI=1S/C36H32N2O3/c37-34(39)33(25-28-16-13-23-32(24-28)41-26-27-14-5-1-6-15-27)38-35(40)36(29-17-7-2-8-18-29,30-19-9-3-10-20-30)31-21-11-4-12-22-31/h1-24,33H,25-26H2,(H2,37,39)(H,38,40)/t33-/m1/s1. The molecule has 5 heteroatoms. The minimum atomic E-state index is -1.21. The SMILES string of the molecule is NC(=O)[C@@H](Cc1cccc(OCc2ccccc2)c1)NC(=O)C(c1ccccc1)(c1ccccc1)c1ccccc1. The van der Waals surface area contributed by atoms with Crippen molar-refractivity contribution in [2.24, 2.45) is 5.73 Å². The third kappa shape index (κ3) is 6.20. The molecule has 5 nitrogen and oxygen atoms in total. The Morgan fingerprint density at radius 1 is 0.634 bits per heavy atom. The highest BCUT2D eigenvalue weighted by molar-refractivity contribution is 5.98. The predicted molar refractivity (Wildman–Crippen MR) is 161 cm³/mol. The van der Waals surface area contributed by atoms with Gasteiger partial charge in [0.05, 0.1) is 0 Å². The fraction of sp³-hybridized carbons (Fsp3) is 0.111. The van der Waals surface area contributed by atoms with E-state index in [1.54, 1.807) is 0 Å². The number of nitrogens with two attached hydrogens (primary N) is 1. The Labute approximate surface area is 240 Å². The summed E-state index contributed by atoms with van der Waals surface area (Å²) in [7, 11) is 0. The molecule has 0 aromatic heterocycles. The van der Waals surface area contributed by atoms with Gasteiger partial charge in [-0.25, -0.2) is 0 Å². The van der Waals surface area contributed by atoms with E-state index in [0.29, 0.717) is 12.4 Å². The normalized spacial score (nSPS) is 11.8. The first-order valence-electron chi connectivity index (χ1n) is 13.6. The van der Waals surface area contributed by atoms with E-state index in [1.807, 2.05) is 146 Å². The van der Waals surface area contributed by atoms with Gasteiger partial charge in [-0.3, -0.25) is 9.59 Å². The van der Waals surface area contributed by atoms with Crippen LogP contribution in [-0.2, 0) is 28.0 Å². The lowest BCUT2D eigenvalue weighted by atomic mass is 9.68. The molecule has 0 aliphatic heterocycles. The minimum absolute atomic E-state index is 0.220. The molecule has 0 unspecified atom stereocenters. The third-order valence-electron chi connectivity index (χ3n) is 7.20. The Balaban J connectivity index is 1.47. The summed E-state index contributed by atoms with van der Waals surface area (Å²) in [6.07, 6.45) is 0.220. The van der Waals surface area contributed by atoms with Gasteiger partial charge in [0.15, 0.2) is 0 Å². The molecule has 0 aliphatic rings. The molecule has 5 aromatic carbocycles. The molecule has 1 atom stereocenters. The summed E-state index contributed by atoms with van der Waals surface area (Å²) in [5.41, 5.74) is 8.91. The van der Waals surface area contributed by atoms with Gasteiger partial charge in [-0.2, -0.15) is 0 Å². The van der Waals surface area contributed by atoms with E-state index >= 15 is 0 Å². The molecule has 0 radical (unpaired) electrons. The number of hydrogen-bond acceptors (Lipinski definition) is 3. The summed E-state index contributed by atoms with van der Waals surface area (Å²) in [5, 5.41) is 3.02. The first-order valence-corrected chi connectivity index (χ1v) is 13.6. The van der Waals surface area contributed by atoms with Crippen molar-refractivity contribution in [1.29, 1.82) is 0 Å². The van der Waals surface area contributed by atoms with Crippen LogP contribution in [0, 0.1) is 0 Å². The third-order valence-corrected chi connectivity index (χ3v) is 7.20. The van der Waals surface area contributed by atoms with E-state index in [9.17, 15) is 9.59 Å². The molecule has 0 fully saturated rings. The maximum absolute atomic E-state index is 14.6. The van der Waals surface area contributed by atoms with Gasteiger partial charge < -0.3 is 15.8 Å². The van der Waals surface area contributed by atoms with Crippen molar-refractivity contribution in [3.8, 4) is 5.75 Å². The highest BCUT2D eigenvalue weighted by Gasteiger charge is 2.44. The van der Waals surface area contributed by atoms with Crippen LogP contribution in [0.1, 0.15) is 27.8 Å². The Bertz CT molecular complexity index is 1480. The summed E-state index contributed by atoms with van der Waals surface area (Å²) in [6, 6.07) is 45.3. The van der Waals surface area contributed by atoms with Crippen molar-refractivity contribution in [3.05, 3.63) is 173 Å². The molecule has 2 amide bonds. The molecule has 41 heavy (non-hydrogen) atoms. The van der Waals surface area contributed by atoms with Crippen LogP contribution < -0.4 is 15.8 Å². The molecule has 0 bridgehead atoms. The summed E-state index contributed by atoms with van der Waals surface area (Å²) in [5.74, 6) is -0.272. The quantitative estimate of drug-likeness (QED) is 0.207. The Morgan fingerprint density at radius 3 is 1.59 bits per heavy atom. The van der Waals surface area contributed by atoms with Crippen LogP contribution in [0.3, 0.4) is 0 Å². The second-order valence-corrected chi connectivity index (χ2v) is 9.90. The molecule has 0 heterocycles. The lowest BCUT2D eigenvalue weighted by Gasteiger charge is -2.35. The number of rotatable bonds is 11. The Morgan fingerprint density at radius 2 is 1.10 bits per heavy atom. The van der Waals surface area contributed by atoms with Gasteiger partial charge in [-0.1, -0.05) is 133 Å². The smallest absolute Gasteiger partial charge is 0.240 e. The first kappa shape index (κ1) is 27.4. The lowest BCUT2D eigenvalue weighted by Crippen LogP contribution is -2.54. The monoisotopic (exact) mass is 540 g/mol. The zero-order valence-corrected chi connectivity index (χ0v) is 22.7. The zero-order valence-electron chi connectivity index (χ0n) is 22.7. The number of carbonyl (C=O) groups is 2. The van der Waals surface area contributed by atoms with Crippen molar-refractivity contribution in [2.45, 2.75) is 24.5 Å². The van der Waals surface area contributed by atoms with E-state index < -0.39 is 17.4 Å². The molecular formula is C36H32N2O3. The van der Waals surface area contributed by atoms with Crippen molar-refractivity contribution in [2.75, 3.05) is 0 Å². The molecule has 5 rings (SSSR count). The number of primary amides is 1. The van der Waals surface area contributed by atoms with Gasteiger partial charge >= 0.3 is 0 Å². The fourth-order valence-electron chi connectivity index (χ4n) is 5.19. The van der Waals surface area contributed by atoms with Crippen LogP contribution >= 0.6 is 0 Å². The second-order valence-electron chi connectivity index (χ2n) is 9.90. The van der Waals surface area contributed by atoms with Crippen LogP contribution in [0.25, 0.3) is 0 Å². The summed E-state index contributed by atoms with van der Waals surface area (Å²) in [4.78, 5) is 27.3. The number of amides is 2. The molecule has 3 N–H and O–H groups in total. The van der Waals surface area contributed by atoms with Crippen LogP contribution in [0.2, 0.25) is 0 Å². The van der Waals surface area contributed by atoms with Crippen LogP contribution in [-0.4, -0.2) is 17.9 Å². The maximum atomic E-state index is 14.6. The Kier molecular flexibility index (Phi) is 8.55. The molecule has 204 valence electrons. The van der Waals surface area contributed by atoms with Crippen LogP contribution in [0.15, 0.2) is 146 Å². The lowest BCUT2D eigenvalue weighted by molar-refractivity contribution is -0.129. The number of carbonyl (C=O) groups excluding carboxylic acids is 2. The summed E-state index contributed by atoms with van der Waals surface area (Å²) in [6.45, 7) is 0.425. The summed E-state index contributed by atoms with van der Waals surface area (Å²) >= 11 is 0. The largest absolute Gasteiger partial charge is 0.489 e. The fourth-order valence-corrected chi connectivity index (χ4v) is 5.19. The number of ether oxygens (including phenoxy) is 1. The van der Waals surface area contributed by atoms with Crippen molar-refractivity contribution in [1.82, 2.24) is 5.32 Å². The van der Waals surface area contributed by atoms with Gasteiger partial charge in [0.2, 0.25) is 11.8 Å². The average Bonchev–Trinajstić information content (AvgIpc) is 3.02. The van der Waals surface area contributed by atoms with Gasteiger partial charge in [0.25, 0.3) is 0 Å². The van der Waals surface area contributed by atoms with Gasteiger partial charge in [-0.15, -0.1) is 0 Å². The average molecular weight is 541 g/mol. The second kappa shape index (κ2) is 12.8. The molecule has 5 aromatic rings. The van der Waals surface area contributed by atoms with Crippen LogP contribution in [0.4, 0.5) is 0 Å². The van der Waals surface area contributed by atoms with E-state index in [0.717, 1.165) is 27.8 Å². The first-order chi connectivity index (χ1) is 20.1. The molecule has 0 aliphatic carbocycles. The van der Waals surface area contributed by atoms with Gasteiger partial charge in [-0.05, 0) is 39.9 Å². The van der Waals surface area contributed by atoms with Crippen molar-refractivity contribution >= 4 is 11.8 Å². The summed E-state index contributed by atoms with van der Waals surface area (Å²) < 4.78 is 5.98. The maximum Gasteiger partial charge on any atom is 0.240 e. The molecule has 0 saturated heterocycles. The highest BCUT2D eigenvalue weighted by Crippen LogP contribution is 2.39.